The van der Waals surface area contributed by atoms with Crippen LogP contribution in [0.4, 0.5) is 5.69 Å². The average Bonchev–Trinajstić information content (AvgIpc) is 2.09. The highest BCUT2D eigenvalue weighted by Gasteiger charge is 1.97. The molecule has 4 heteroatoms. The Labute approximate surface area is 76.3 Å². The molecule has 2 N–H and O–H groups in total. The Morgan fingerprint density at radius 1 is 1.67 bits per heavy atom. The number of nitrogen functional groups attached to an aromatic ring is 1. The maximum atomic E-state index is 5.68. The Morgan fingerprint density at radius 2 is 2.50 bits per heavy atom. The smallest absolute Gasteiger partial charge is 0.0638 e. The van der Waals surface area contributed by atoms with Crippen LogP contribution in [0.1, 0.15) is 0 Å². The van der Waals surface area contributed by atoms with E-state index in [1.165, 1.54) is 0 Å². The highest BCUT2D eigenvalue weighted by Crippen LogP contribution is 2.22. The van der Waals surface area contributed by atoms with Crippen molar-refractivity contribution in [3.63, 3.8) is 0 Å². The molecule has 0 fully saturated rings. The quantitative estimate of drug-likeness (QED) is 0.567. The minimum absolute atomic E-state index is 0.735. The molecule has 0 radical (unpaired) electrons. The van der Waals surface area contributed by atoms with Crippen LogP contribution in [0.3, 0.4) is 0 Å². The van der Waals surface area contributed by atoms with Crippen molar-refractivity contribution in [2.75, 3.05) is 25.2 Å². The van der Waals surface area contributed by atoms with Crippen LogP contribution in [0.15, 0.2) is 23.4 Å². The number of nitrogens with zero attached hydrogens (tertiary/aromatic N) is 1. The minimum atomic E-state index is 0.735. The molecular formula is C8H12N2OS. The van der Waals surface area contributed by atoms with E-state index in [0.717, 1.165) is 22.9 Å². The van der Waals surface area contributed by atoms with Crippen LogP contribution in [0.5, 0.6) is 0 Å². The summed E-state index contributed by atoms with van der Waals surface area (Å²) in [6.07, 6.45) is 3.40. The van der Waals surface area contributed by atoms with Gasteiger partial charge in [-0.2, -0.15) is 0 Å². The van der Waals surface area contributed by atoms with E-state index in [2.05, 4.69) is 4.98 Å². The van der Waals surface area contributed by atoms with Gasteiger partial charge in [0.1, 0.15) is 0 Å². The second kappa shape index (κ2) is 5.00. The first-order valence-corrected chi connectivity index (χ1v) is 4.64. The molecular weight excluding hydrogens is 172 g/mol. The summed E-state index contributed by atoms with van der Waals surface area (Å²) >= 11 is 1.68. The number of nitrogens with two attached hydrogens (primary N) is 1. The van der Waals surface area contributed by atoms with E-state index in [0.29, 0.717) is 0 Å². The van der Waals surface area contributed by atoms with Crippen molar-refractivity contribution in [2.24, 2.45) is 0 Å². The third-order valence-corrected chi connectivity index (χ3v) is 2.41. The molecule has 1 aromatic heterocycles. The zero-order valence-corrected chi connectivity index (χ0v) is 7.80. The number of methoxy groups -OCH3 is 1. The van der Waals surface area contributed by atoms with Gasteiger partial charge in [-0.05, 0) is 6.07 Å². The van der Waals surface area contributed by atoms with Crippen molar-refractivity contribution in [1.82, 2.24) is 4.98 Å². The number of hydrogen-bond acceptors (Lipinski definition) is 4. The highest BCUT2D eigenvalue weighted by atomic mass is 32.2. The van der Waals surface area contributed by atoms with Crippen LogP contribution in [0, 0.1) is 0 Å². The van der Waals surface area contributed by atoms with Crippen LogP contribution in [0.25, 0.3) is 0 Å². The van der Waals surface area contributed by atoms with Gasteiger partial charge in [-0.15, -0.1) is 11.8 Å². The van der Waals surface area contributed by atoms with E-state index in [9.17, 15) is 0 Å². The molecule has 0 aliphatic heterocycles. The summed E-state index contributed by atoms with van der Waals surface area (Å²) in [7, 11) is 1.69. The van der Waals surface area contributed by atoms with Crippen LogP contribution in [-0.4, -0.2) is 24.5 Å². The number of ether oxygens (including phenoxy) is 1. The highest BCUT2D eigenvalue weighted by molar-refractivity contribution is 7.99. The van der Waals surface area contributed by atoms with Crippen molar-refractivity contribution < 1.29 is 4.74 Å². The van der Waals surface area contributed by atoms with Crippen molar-refractivity contribution in [3.8, 4) is 0 Å². The zero-order chi connectivity index (χ0) is 8.81. The van der Waals surface area contributed by atoms with Crippen molar-refractivity contribution in [3.05, 3.63) is 18.5 Å². The maximum absolute atomic E-state index is 5.68. The molecule has 0 aliphatic carbocycles. The monoisotopic (exact) mass is 184 g/mol. The van der Waals surface area contributed by atoms with Gasteiger partial charge < -0.3 is 10.5 Å². The van der Waals surface area contributed by atoms with Crippen LogP contribution < -0.4 is 5.73 Å². The number of pyridine rings is 1. The molecule has 1 aromatic rings. The Kier molecular flexibility index (Phi) is 3.90. The van der Waals surface area contributed by atoms with Gasteiger partial charge in [-0.1, -0.05) is 0 Å². The summed E-state index contributed by atoms with van der Waals surface area (Å²) in [5.74, 6) is 0.921. The molecule has 0 spiro atoms. The van der Waals surface area contributed by atoms with E-state index in [1.807, 2.05) is 6.07 Å². The molecule has 12 heavy (non-hydrogen) atoms. The Bertz CT molecular complexity index is 242. The fourth-order valence-electron chi connectivity index (χ4n) is 0.760. The first-order chi connectivity index (χ1) is 5.84. The van der Waals surface area contributed by atoms with E-state index in [4.69, 9.17) is 10.5 Å². The summed E-state index contributed by atoms with van der Waals surface area (Å²) in [5.41, 5.74) is 6.41. The first kappa shape index (κ1) is 9.35. The summed E-state index contributed by atoms with van der Waals surface area (Å²) in [6, 6.07) is 1.91. The number of thioether (sulfide) groups is 1. The topological polar surface area (TPSA) is 48.1 Å². The summed E-state index contributed by atoms with van der Waals surface area (Å²) in [6.45, 7) is 0.742. The second-order valence-electron chi connectivity index (χ2n) is 2.25. The molecule has 1 rings (SSSR count). The molecule has 0 bridgehead atoms. The Hall–Kier alpha value is -0.740. The van der Waals surface area contributed by atoms with Gasteiger partial charge in [0.2, 0.25) is 0 Å². The lowest BCUT2D eigenvalue weighted by atomic mass is 10.4. The van der Waals surface area contributed by atoms with Gasteiger partial charge >= 0.3 is 0 Å². The molecule has 66 valence electrons. The fourth-order valence-corrected chi connectivity index (χ4v) is 1.61. The molecule has 0 unspecified atom stereocenters. The SMILES string of the molecule is COCCSc1ccncc1N. The Morgan fingerprint density at radius 3 is 3.17 bits per heavy atom. The predicted molar refractivity (Wildman–Crippen MR) is 51.2 cm³/mol. The lowest BCUT2D eigenvalue weighted by Gasteiger charge is -2.02. The zero-order valence-electron chi connectivity index (χ0n) is 6.99. The van der Waals surface area contributed by atoms with E-state index in [-0.39, 0.29) is 0 Å². The lowest BCUT2D eigenvalue weighted by Crippen LogP contribution is -1.94. The minimum Gasteiger partial charge on any atom is -0.397 e. The van der Waals surface area contributed by atoms with Gasteiger partial charge in [0.25, 0.3) is 0 Å². The van der Waals surface area contributed by atoms with Gasteiger partial charge in [0, 0.05) is 24.0 Å². The van der Waals surface area contributed by atoms with Gasteiger partial charge in [-0.25, -0.2) is 0 Å². The standard InChI is InChI=1S/C8H12N2OS/c1-11-4-5-12-8-2-3-10-6-7(8)9/h2-3,6H,4-5,9H2,1H3. The summed E-state index contributed by atoms with van der Waals surface area (Å²) < 4.78 is 4.93. The van der Waals surface area contributed by atoms with Crippen molar-refractivity contribution >= 4 is 17.4 Å². The first-order valence-electron chi connectivity index (χ1n) is 3.66. The Balaban J connectivity index is 2.46. The van der Waals surface area contributed by atoms with E-state index < -0.39 is 0 Å². The normalized spacial score (nSPS) is 10.1. The predicted octanol–water partition coefficient (Wildman–Crippen LogP) is 1.40. The fraction of sp³-hybridized carbons (Fsp3) is 0.375. The molecule has 0 saturated heterocycles. The molecule has 1 heterocycles. The number of anilines is 1. The second-order valence-corrected chi connectivity index (χ2v) is 3.39. The largest absolute Gasteiger partial charge is 0.397 e. The molecule has 0 atom stereocenters. The van der Waals surface area contributed by atoms with Crippen LogP contribution in [-0.2, 0) is 4.74 Å². The van der Waals surface area contributed by atoms with Crippen molar-refractivity contribution in [1.29, 1.82) is 0 Å². The van der Waals surface area contributed by atoms with Gasteiger partial charge in [0.15, 0.2) is 0 Å². The van der Waals surface area contributed by atoms with Crippen LogP contribution in [0.2, 0.25) is 0 Å². The molecule has 3 nitrogen and oxygen atoms in total. The molecule has 0 amide bonds. The van der Waals surface area contributed by atoms with E-state index >= 15 is 0 Å². The lowest BCUT2D eigenvalue weighted by molar-refractivity contribution is 0.218. The van der Waals surface area contributed by atoms with Gasteiger partial charge in [-0.3, -0.25) is 4.98 Å². The third kappa shape index (κ3) is 2.71. The summed E-state index contributed by atoms with van der Waals surface area (Å²) in [4.78, 5) is 4.97. The maximum Gasteiger partial charge on any atom is 0.0638 e. The number of hydrogen-bond donors (Lipinski definition) is 1. The average molecular weight is 184 g/mol. The third-order valence-electron chi connectivity index (χ3n) is 1.36. The van der Waals surface area contributed by atoms with Gasteiger partial charge in [0.05, 0.1) is 18.5 Å². The molecule has 0 aliphatic rings. The van der Waals surface area contributed by atoms with Crippen molar-refractivity contribution in [2.45, 2.75) is 4.90 Å². The van der Waals surface area contributed by atoms with E-state index in [1.54, 1.807) is 31.3 Å². The summed E-state index contributed by atoms with van der Waals surface area (Å²) in [5, 5.41) is 0. The number of rotatable bonds is 4. The molecule has 0 aromatic carbocycles. The molecule has 0 saturated carbocycles. The number of aromatic nitrogens is 1. The van der Waals surface area contributed by atoms with Crippen LogP contribution >= 0.6 is 11.8 Å².